The van der Waals surface area contributed by atoms with Crippen molar-refractivity contribution in [3.05, 3.63) is 95.3 Å². The van der Waals surface area contributed by atoms with Crippen LogP contribution in [0.25, 0.3) is 5.57 Å². The summed E-state index contributed by atoms with van der Waals surface area (Å²) in [5, 5.41) is 9.58. The number of aromatic amines is 1. The number of benzene rings is 2. The van der Waals surface area contributed by atoms with Crippen LogP contribution in [0, 0.1) is 5.41 Å². The number of ether oxygens (including phenoxy) is 1. The van der Waals surface area contributed by atoms with E-state index in [0.717, 1.165) is 23.3 Å². The molecule has 1 saturated carbocycles. The minimum atomic E-state index is -4.48. The number of methoxy groups -OCH3 is 1. The first kappa shape index (κ1) is 25.8. The average Bonchev–Trinajstić information content (AvgIpc) is 3.60. The maximum atomic E-state index is 13.9. The predicted octanol–water partition coefficient (Wildman–Crippen LogP) is 6.45. The number of Topliss-reactive ketones (excluding diaryl/α,β-unsaturated/α-hetero) is 1. The first-order chi connectivity index (χ1) is 18.6. The van der Waals surface area contributed by atoms with E-state index in [1.807, 2.05) is 12.4 Å². The molecule has 3 aromatic rings. The lowest BCUT2D eigenvalue weighted by Crippen LogP contribution is -2.60. The Balaban J connectivity index is 1.46. The van der Waals surface area contributed by atoms with Gasteiger partial charge < -0.3 is 14.8 Å². The Morgan fingerprint density at radius 3 is 2.51 bits per heavy atom. The number of para-hydroxylation sites is 1. The largest absolute Gasteiger partial charge is 0.496 e. The summed E-state index contributed by atoms with van der Waals surface area (Å²) in [7, 11) is 1.51. The van der Waals surface area contributed by atoms with Crippen molar-refractivity contribution in [1.29, 1.82) is 0 Å². The zero-order chi connectivity index (χ0) is 27.7. The summed E-state index contributed by atoms with van der Waals surface area (Å²) in [6, 6.07) is 12.1. The van der Waals surface area contributed by atoms with Crippen molar-refractivity contribution >= 4 is 29.1 Å². The molecule has 0 radical (unpaired) electrons. The van der Waals surface area contributed by atoms with Gasteiger partial charge in [-0.3, -0.25) is 9.59 Å². The van der Waals surface area contributed by atoms with Gasteiger partial charge in [-0.1, -0.05) is 36.9 Å². The van der Waals surface area contributed by atoms with Crippen LogP contribution in [0.4, 0.5) is 13.2 Å². The summed E-state index contributed by atoms with van der Waals surface area (Å²) in [5.41, 5.74) is 0.333. The van der Waals surface area contributed by atoms with Crippen molar-refractivity contribution < 1.29 is 32.6 Å². The number of carbonyl (C=O) groups excluding carboxylic acids is 1. The van der Waals surface area contributed by atoms with Gasteiger partial charge in [0.25, 0.3) is 0 Å². The van der Waals surface area contributed by atoms with Crippen molar-refractivity contribution in [2.45, 2.75) is 47.3 Å². The molecule has 1 aromatic heterocycles. The van der Waals surface area contributed by atoms with Crippen LogP contribution in [0.5, 0.6) is 5.75 Å². The summed E-state index contributed by atoms with van der Waals surface area (Å²) in [6.07, 6.45) is 0.421. The van der Waals surface area contributed by atoms with Gasteiger partial charge in [-0.25, -0.2) is 0 Å². The number of hydrogen-bond acceptors (Lipinski definition) is 4. The molecule has 202 valence electrons. The van der Waals surface area contributed by atoms with E-state index in [0.29, 0.717) is 29.7 Å². The number of carbonyl (C=O) groups is 2. The van der Waals surface area contributed by atoms with Gasteiger partial charge >= 0.3 is 12.1 Å². The van der Waals surface area contributed by atoms with Gasteiger partial charge in [0.15, 0.2) is 5.78 Å². The minimum absolute atomic E-state index is 0.113. The van der Waals surface area contributed by atoms with Gasteiger partial charge in [0.05, 0.1) is 23.3 Å². The van der Waals surface area contributed by atoms with Crippen LogP contribution in [-0.4, -0.2) is 39.5 Å². The number of H-pyrrole nitrogens is 1. The second-order valence-electron chi connectivity index (χ2n) is 10.6. The van der Waals surface area contributed by atoms with Gasteiger partial charge in [-0.15, -0.1) is 11.8 Å². The summed E-state index contributed by atoms with van der Waals surface area (Å²) >= 11 is 1.33. The van der Waals surface area contributed by atoms with Crippen molar-refractivity contribution in [3.8, 4) is 5.75 Å². The van der Waals surface area contributed by atoms with Gasteiger partial charge in [-0.2, -0.15) is 13.2 Å². The lowest BCUT2D eigenvalue weighted by molar-refractivity contribution is -0.154. The van der Waals surface area contributed by atoms with E-state index < -0.39 is 39.0 Å². The number of alkyl halides is 3. The van der Waals surface area contributed by atoms with Crippen LogP contribution in [0.15, 0.2) is 67.5 Å². The number of carboxylic acid groups (broad SMARTS) is 1. The monoisotopic (exact) mass is 553 g/mol. The number of ketones is 1. The molecule has 5 atom stereocenters. The Bertz CT molecular complexity index is 1500. The van der Waals surface area contributed by atoms with Gasteiger partial charge in [0.2, 0.25) is 0 Å². The van der Waals surface area contributed by atoms with Crippen LogP contribution in [0.2, 0.25) is 0 Å². The van der Waals surface area contributed by atoms with Crippen LogP contribution in [-0.2, 0) is 21.2 Å². The van der Waals surface area contributed by atoms with Crippen molar-refractivity contribution in [3.63, 3.8) is 0 Å². The fourth-order valence-electron chi connectivity index (χ4n) is 7.28. The smallest absolute Gasteiger partial charge is 0.416 e. The molecule has 2 N–H and O–H groups in total. The van der Waals surface area contributed by atoms with Crippen LogP contribution >= 0.6 is 11.8 Å². The first-order valence-electron chi connectivity index (χ1n) is 12.7. The van der Waals surface area contributed by atoms with E-state index in [4.69, 9.17) is 4.74 Å². The van der Waals surface area contributed by atoms with Crippen molar-refractivity contribution in [2.75, 3.05) is 7.11 Å². The molecule has 1 aliphatic heterocycles. The highest BCUT2D eigenvalue weighted by atomic mass is 32.2. The van der Waals surface area contributed by atoms with Gasteiger partial charge in [0, 0.05) is 40.1 Å². The Labute approximate surface area is 227 Å². The third-order valence-corrected chi connectivity index (χ3v) is 10.8. The number of hydrogen-bond donors (Lipinski definition) is 2. The van der Waals surface area contributed by atoms with Gasteiger partial charge in [-0.05, 0) is 54.2 Å². The van der Waals surface area contributed by atoms with E-state index in [-0.39, 0.29) is 23.7 Å². The molecular weight excluding hydrogens is 527 g/mol. The molecule has 2 heterocycles. The molecule has 2 bridgehead atoms. The second-order valence-corrected chi connectivity index (χ2v) is 11.9. The number of nitrogens with one attached hydrogen (secondary N) is 1. The lowest BCUT2D eigenvalue weighted by atomic mass is 9.45. The van der Waals surface area contributed by atoms with Crippen molar-refractivity contribution in [1.82, 2.24) is 4.98 Å². The molecule has 1 saturated heterocycles. The quantitative estimate of drug-likeness (QED) is 0.343. The summed E-state index contributed by atoms with van der Waals surface area (Å²) in [6.45, 7) is 4.05. The highest BCUT2D eigenvalue weighted by molar-refractivity contribution is 8.01. The number of aliphatic carboxylic acids is 1. The van der Waals surface area contributed by atoms with Crippen LogP contribution < -0.4 is 4.74 Å². The predicted molar refractivity (Wildman–Crippen MR) is 142 cm³/mol. The maximum Gasteiger partial charge on any atom is 0.416 e. The Morgan fingerprint density at radius 2 is 1.85 bits per heavy atom. The van der Waals surface area contributed by atoms with Crippen LogP contribution in [0.1, 0.15) is 53.0 Å². The SMILES string of the molecule is C=C(C(=O)C1CC2(C(=O)O)C3CCC(c4ccc(C(F)(F)F)cc4)(c4c[nH]cc43)C2S1)c1ccccc1OC. The maximum absolute atomic E-state index is 13.9. The third kappa shape index (κ3) is 3.48. The second kappa shape index (κ2) is 8.78. The van der Waals surface area contributed by atoms with Crippen molar-refractivity contribution in [2.24, 2.45) is 5.41 Å². The number of carboxylic acids is 1. The number of thioether (sulfide) groups is 1. The van der Waals surface area contributed by atoms with E-state index in [2.05, 4.69) is 11.6 Å². The summed E-state index contributed by atoms with van der Waals surface area (Å²) in [4.78, 5) is 30.2. The number of rotatable bonds is 6. The molecular formula is C30H26F3NO4S. The third-order valence-electron chi connectivity index (χ3n) is 8.97. The fraction of sp³-hybridized carbons (Fsp3) is 0.333. The molecule has 5 nitrogen and oxygen atoms in total. The normalized spacial score (nSPS) is 29.0. The first-order valence-corrected chi connectivity index (χ1v) is 13.6. The van der Waals surface area contributed by atoms with E-state index in [9.17, 15) is 27.9 Å². The number of aromatic nitrogens is 1. The van der Waals surface area contributed by atoms with E-state index in [1.165, 1.54) is 31.0 Å². The Kier molecular flexibility index (Phi) is 5.81. The Morgan fingerprint density at radius 1 is 1.13 bits per heavy atom. The highest BCUT2D eigenvalue weighted by Gasteiger charge is 2.72. The molecule has 4 aliphatic rings. The molecule has 3 aliphatic carbocycles. The van der Waals surface area contributed by atoms with E-state index >= 15 is 0 Å². The summed E-state index contributed by atoms with van der Waals surface area (Å²) in [5.74, 6) is -1.05. The number of fused-ring (bicyclic) bond motifs is 1. The molecule has 39 heavy (non-hydrogen) atoms. The highest BCUT2D eigenvalue weighted by Crippen LogP contribution is 2.72. The lowest BCUT2D eigenvalue weighted by Gasteiger charge is -2.58. The molecule has 7 rings (SSSR count). The van der Waals surface area contributed by atoms with Gasteiger partial charge in [0.1, 0.15) is 5.75 Å². The molecule has 0 spiro atoms. The average molecular weight is 554 g/mol. The minimum Gasteiger partial charge on any atom is -0.496 e. The number of halogens is 3. The molecule has 5 unspecified atom stereocenters. The zero-order valence-electron chi connectivity index (χ0n) is 21.0. The Hall–Kier alpha value is -3.46. The molecule has 2 aromatic carbocycles. The topological polar surface area (TPSA) is 79.4 Å². The number of allylic oxidation sites excluding steroid dienone is 1. The molecule has 0 amide bonds. The zero-order valence-corrected chi connectivity index (χ0v) is 21.9. The standard InChI is InChI=1S/C30H26F3NO4S/c1-16(19-5-3-4-6-23(19)38-2)25(35)24-13-29(27(36)37)21-11-12-28(26(29)39-24,22-15-34-14-20(21)22)17-7-9-18(10-8-17)30(31,32)33/h3-10,14-15,21,24,26,34H,1,11-13H2,2H3,(H,36,37). The fourth-order valence-corrected chi connectivity index (χ4v) is 9.46. The van der Waals surface area contributed by atoms with E-state index in [1.54, 1.807) is 24.3 Å². The molecule has 2 fully saturated rings. The van der Waals surface area contributed by atoms with Crippen LogP contribution in [0.3, 0.4) is 0 Å². The summed E-state index contributed by atoms with van der Waals surface area (Å²) < 4.78 is 45.6. The molecule has 9 heteroatoms.